The fourth-order valence-corrected chi connectivity index (χ4v) is 2.75. The molecule has 1 aromatic carbocycles. The molecule has 2 aromatic rings. The molecule has 0 atom stereocenters. The van der Waals surface area contributed by atoms with E-state index in [2.05, 4.69) is 56.3 Å². The van der Waals surface area contributed by atoms with Crippen LogP contribution in [0.4, 0.5) is 23.1 Å². The van der Waals surface area contributed by atoms with Crippen LogP contribution < -0.4 is 15.5 Å². The number of aromatic nitrogens is 2. The zero-order chi connectivity index (χ0) is 16.1. The molecule has 0 aliphatic carbocycles. The lowest BCUT2D eigenvalue weighted by Gasteiger charge is -2.18. The first-order valence-corrected chi connectivity index (χ1v) is 8.07. The van der Waals surface area contributed by atoms with Gasteiger partial charge in [0.25, 0.3) is 0 Å². The van der Waals surface area contributed by atoms with E-state index in [0.29, 0.717) is 12.5 Å². The van der Waals surface area contributed by atoms with Crippen molar-refractivity contribution >= 4 is 23.1 Å². The molecule has 1 saturated heterocycles. The van der Waals surface area contributed by atoms with Gasteiger partial charge in [0.1, 0.15) is 5.82 Å². The Morgan fingerprint density at radius 3 is 2.61 bits per heavy atom. The molecule has 1 aliphatic heterocycles. The minimum absolute atomic E-state index is 0.612. The van der Waals surface area contributed by atoms with Gasteiger partial charge in [-0.2, -0.15) is 4.98 Å². The third-order valence-electron chi connectivity index (χ3n) is 3.87. The standard InChI is InChI=1S/C18H23N5/c1-3-10-19-18-20-14(2)13-17(22-18)21-15-6-8-16(9-7-15)23-11-4-5-12-23/h3,6-9,13H,1,4-5,10-12H2,2H3,(H2,19,20,21,22). The van der Waals surface area contributed by atoms with Crippen molar-refractivity contribution in [1.29, 1.82) is 0 Å². The van der Waals surface area contributed by atoms with E-state index < -0.39 is 0 Å². The van der Waals surface area contributed by atoms with Gasteiger partial charge in [-0.15, -0.1) is 6.58 Å². The number of benzene rings is 1. The van der Waals surface area contributed by atoms with Gasteiger partial charge >= 0.3 is 0 Å². The van der Waals surface area contributed by atoms with Crippen LogP contribution in [0.5, 0.6) is 0 Å². The van der Waals surface area contributed by atoms with E-state index in [1.807, 2.05) is 13.0 Å². The summed E-state index contributed by atoms with van der Waals surface area (Å²) in [4.78, 5) is 11.3. The quantitative estimate of drug-likeness (QED) is 0.796. The zero-order valence-corrected chi connectivity index (χ0v) is 13.5. The van der Waals surface area contributed by atoms with E-state index in [1.54, 1.807) is 6.08 Å². The number of nitrogens with one attached hydrogen (secondary N) is 2. The van der Waals surface area contributed by atoms with Crippen molar-refractivity contribution in [1.82, 2.24) is 9.97 Å². The third-order valence-corrected chi connectivity index (χ3v) is 3.87. The molecule has 0 unspecified atom stereocenters. The molecule has 2 heterocycles. The molecule has 2 N–H and O–H groups in total. The van der Waals surface area contributed by atoms with Crippen molar-refractivity contribution in [2.75, 3.05) is 35.2 Å². The molecule has 0 radical (unpaired) electrons. The van der Waals surface area contributed by atoms with Crippen molar-refractivity contribution in [2.45, 2.75) is 19.8 Å². The van der Waals surface area contributed by atoms with Gasteiger partial charge in [-0.05, 0) is 44.0 Å². The van der Waals surface area contributed by atoms with Gasteiger partial charge in [0, 0.05) is 42.8 Å². The minimum atomic E-state index is 0.612. The van der Waals surface area contributed by atoms with Crippen molar-refractivity contribution in [3.63, 3.8) is 0 Å². The summed E-state index contributed by atoms with van der Waals surface area (Å²) in [5.41, 5.74) is 3.24. The first-order valence-electron chi connectivity index (χ1n) is 8.07. The van der Waals surface area contributed by atoms with Crippen molar-refractivity contribution in [3.8, 4) is 0 Å². The summed E-state index contributed by atoms with van der Waals surface area (Å²) in [6, 6.07) is 10.5. The van der Waals surface area contributed by atoms with Crippen LogP contribution >= 0.6 is 0 Å². The highest BCUT2D eigenvalue weighted by Gasteiger charge is 2.11. The molecule has 1 aromatic heterocycles. The Balaban J connectivity index is 1.70. The largest absolute Gasteiger partial charge is 0.372 e. The predicted molar refractivity (Wildman–Crippen MR) is 96.6 cm³/mol. The van der Waals surface area contributed by atoms with Gasteiger partial charge in [-0.1, -0.05) is 6.08 Å². The second-order valence-electron chi connectivity index (χ2n) is 5.75. The number of anilines is 4. The average Bonchev–Trinajstić information content (AvgIpc) is 3.07. The average molecular weight is 309 g/mol. The third kappa shape index (κ3) is 4.00. The lowest BCUT2D eigenvalue weighted by molar-refractivity contribution is 0.949. The smallest absolute Gasteiger partial charge is 0.225 e. The van der Waals surface area contributed by atoms with Gasteiger partial charge < -0.3 is 15.5 Å². The molecular formula is C18H23N5. The molecule has 0 saturated carbocycles. The van der Waals surface area contributed by atoms with Crippen LogP contribution in [0.1, 0.15) is 18.5 Å². The summed E-state index contributed by atoms with van der Waals surface area (Å²) in [5.74, 6) is 1.40. The van der Waals surface area contributed by atoms with Crippen LogP contribution in [0, 0.1) is 6.92 Å². The summed E-state index contributed by atoms with van der Waals surface area (Å²) in [7, 11) is 0. The molecule has 1 fully saturated rings. The monoisotopic (exact) mass is 309 g/mol. The normalized spacial score (nSPS) is 13.9. The predicted octanol–water partition coefficient (Wildman–Crippen LogP) is 3.73. The Morgan fingerprint density at radius 2 is 1.91 bits per heavy atom. The van der Waals surface area contributed by atoms with Crippen LogP contribution in [0.25, 0.3) is 0 Å². The highest BCUT2D eigenvalue weighted by Crippen LogP contribution is 2.23. The number of hydrogen-bond donors (Lipinski definition) is 2. The molecule has 0 spiro atoms. The Labute approximate surface area is 137 Å². The zero-order valence-electron chi connectivity index (χ0n) is 13.5. The van der Waals surface area contributed by atoms with E-state index in [9.17, 15) is 0 Å². The first kappa shape index (κ1) is 15.3. The fourth-order valence-electron chi connectivity index (χ4n) is 2.75. The lowest BCUT2D eigenvalue weighted by atomic mass is 10.2. The maximum Gasteiger partial charge on any atom is 0.225 e. The number of hydrogen-bond acceptors (Lipinski definition) is 5. The van der Waals surface area contributed by atoms with Crippen molar-refractivity contribution in [3.05, 3.63) is 48.7 Å². The number of rotatable bonds is 6. The molecular weight excluding hydrogens is 286 g/mol. The topological polar surface area (TPSA) is 53.1 Å². The number of nitrogens with zero attached hydrogens (tertiary/aromatic N) is 3. The summed E-state index contributed by atoms with van der Waals surface area (Å²) in [6.45, 7) is 8.62. The SMILES string of the molecule is C=CCNc1nc(C)cc(Nc2ccc(N3CCCC3)cc2)n1. The minimum Gasteiger partial charge on any atom is -0.372 e. The summed E-state index contributed by atoms with van der Waals surface area (Å²) >= 11 is 0. The van der Waals surface area contributed by atoms with Crippen LogP contribution in [0.15, 0.2) is 43.0 Å². The van der Waals surface area contributed by atoms with Crippen LogP contribution in [0.2, 0.25) is 0 Å². The van der Waals surface area contributed by atoms with Gasteiger partial charge in [0.15, 0.2) is 0 Å². The molecule has 23 heavy (non-hydrogen) atoms. The first-order chi connectivity index (χ1) is 11.2. The van der Waals surface area contributed by atoms with Gasteiger partial charge in [0.05, 0.1) is 0 Å². The van der Waals surface area contributed by atoms with E-state index in [4.69, 9.17) is 0 Å². The molecule has 3 rings (SSSR count). The molecule has 5 nitrogen and oxygen atoms in total. The van der Waals surface area contributed by atoms with E-state index in [-0.39, 0.29) is 0 Å². The fraction of sp³-hybridized carbons (Fsp3) is 0.333. The molecule has 0 amide bonds. The Bertz CT molecular complexity index is 660. The Hall–Kier alpha value is -2.56. The second kappa shape index (κ2) is 7.13. The van der Waals surface area contributed by atoms with Gasteiger partial charge in [-0.3, -0.25) is 0 Å². The molecule has 0 bridgehead atoms. The summed E-state index contributed by atoms with van der Waals surface area (Å²) in [6.07, 6.45) is 4.37. The molecule has 5 heteroatoms. The molecule has 1 aliphatic rings. The van der Waals surface area contributed by atoms with Crippen LogP contribution in [-0.4, -0.2) is 29.6 Å². The number of aryl methyl sites for hydroxylation is 1. The van der Waals surface area contributed by atoms with E-state index >= 15 is 0 Å². The maximum atomic E-state index is 4.47. The van der Waals surface area contributed by atoms with E-state index in [0.717, 1.165) is 30.3 Å². The van der Waals surface area contributed by atoms with Crippen LogP contribution in [-0.2, 0) is 0 Å². The molecule has 120 valence electrons. The highest BCUT2D eigenvalue weighted by atomic mass is 15.1. The van der Waals surface area contributed by atoms with Gasteiger partial charge in [-0.25, -0.2) is 4.98 Å². The van der Waals surface area contributed by atoms with Crippen molar-refractivity contribution < 1.29 is 0 Å². The maximum absolute atomic E-state index is 4.47. The van der Waals surface area contributed by atoms with E-state index in [1.165, 1.54) is 18.5 Å². The highest BCUT2D eigenvalue weighted by molar-refractivity contribution is 5.61. The summed E-state index contributed by atoms with van der Waals surface area (Å²) in [5, 5.41) is 6.46. The van der Waals surface area contributed by atoms with Crippen molar-refractivity contribution in [2.24, 2.45) is 0 Å². The Morgan fingerprint density at radius 1 is 1.17 bits per heavy atom. The summed E-state index contributed by atoms with van der Waals surface area (Å²) < 4.78 is 0. The lowest BCUT2D eigenvalue weighted by Crippen LogP contribution is -2.17. The Kier molecular flexibility index (Phi) is 4.76. The second-order valence-corrected chi connectivity index (χ2v) is 5.75. The van der Waals surface area contributed by atoms with Gasteiger partial charge in [0.2, 0.25) is 5.95 Å². The van der Waals surface area contributed by atoms with Crippen LogP contribution in [0.3, 0.4) is 0 Å².